The number of thiophene rings is 1. The van der Waals surface area contributed by atoms with Gasteiger partial charge in [0.25, 0.3) is 0 Å². The summed E-state index contributed by atoms with van der Waals surface area (Å²) in [4.78, 5) is 11.5. The molecule has 0 amide bonds. The van der Waals surface area contributed by atoms with Gasteiger partial charge in [0.15, 0.2) is 5.82 Å². The van der Waals surface area contributed by atoms with Gasteiger partial charge in [-0.15, -0.1) is 11.3 Å². The molecule has 0 bridgehead atoms. The molecule has 0 spiro atoms. The molecule has 0 fully saturated rings. The van der Waals surface area contributed by atoms with Crippen molar-refractivity contribution >= 4 is 86.1 Å². The summed E-state index contributed by atoms with van der Waals surface area (Å²) in [5.41, 5.74) is 10.8. The van der Waals surface area contributed by atoms with Crippen LogP contribution in [0.4, 0.5) is 0 Å². The highest BCUT2D eigenvalue weighted by molar-refractivity contribution is 7.22. The van der Waals surface area contributed by atoms with Crippen molar-refractivity contribution in [1.82, 2.24) is 9.97 Å². The second-order valence-corrected chi connectivity index (χ2v) is 18.8. The van der Waals surface area contributed by atoms with E-state index in [-0.39, 0.29) is 0 Å². The molecule has 0 aliphatic rings. The van der Waals surface area contributed by atoms with Gasteiger partial charge >= 0.3 is 0 Å². The third-order valence-electron chi connectivity index (χ3n) is 13.8. The molecule has 14 rings (SSSR count). The van der Waals surface area contributed by atoms with Gasteiger partial charge in [0.05, 0.1) is 11.4 Å². The van der Waals surface area contributed by atoms with Crippen molar-refractivity contribution in [3.8, 4) is 66.6 Å². The van der Waals surface area contributed by atoms with Crippen LogP contribution in [-0.2, 0) is 0 Å². The Kier molecular flexibility index (Phi) is 8.49. The Morgan fingerprint density at radius 3 is 1.27 bits per heavy atom. The number of benzene rings is 11. The van der Waals surface area contributed by atoms with Crippen molar-refractivity contribution < 1.29 is 0 Å². The van der Waals surface area contributed by atoms with E-state index in [9.17, 15) is 0 Å². The molecule has 12 aromatic carbocycles. The van der Waals surface area contributed by atoms with Crippen molar-refractivity contribution in [3.05, 3.63) is 231 Å². The molecule has 2 nitrogen and oxygen atoms in total. The summed E-state index contributed by atoms with van der Waals surface area (Å²) in [7, 11) is 0. The highest BCUT2D eigenvalue weighted by Crippen LogP contribution is 2.45. The number of nitrogens with zero attached hydrogens (tertiary/aromatic N) is 2. The van der Waals surface area contributed by atoms with Gasteiger partial charge in [0.2, 0.25) is 0 Å². The zero-order valence-electron chi connectivity index (χ0n) is 36.2. The van der Waals surface area contributed by atoms with Crippen molar-refractivity contribution in [2.75, 3.05) is 0 Å². The quantitative estimate of drug-likeness (QED) is 0.156. The normalized spacial score (nSPS) is 11.9. The average Bonchev–Trinajstić information content (AvgIpc) is 3.84. The maximum Gasteiger partial charge on any atom is 0.160 e. The van der Waals surface area contributed by atoms with Crippen molar-refractivity contribution in [3.63, 3.8) is 0 Å². The van der Waals surface area contributed by atoms with E-state index in [0.717, 1.165) is 33.6 Å². The summed E-state index contributed by atoms with van der Waals surface area (Å²) in [6.07, 6.45) is 0. The summed E-state index contributed by atoms with van der Waals surface area (Å²) in [5.74, 6) is 0.711. The maximum atomic E-state index is 5.13. The van der Waals surface area contributed by atoms with Gasteiger partial charge in [-0.1, -0.05) is 200 Å². The topological polar surface area (TPSA) is 25.8 Å². The molecule has 0 N–H and O–H groups in total. The van der Waals surface area contributed by atoms with Crippen molar-refractivity contribution in [2.45, 2.75) is 0 Å². The van der Waals surface area contributed by atoms with Crippen LogP contribution in [0.15, 0.2) is 231 Å². The van der Waals surface area contributed by atoms with E-state index >= 15 is 0 Å². The van der Waals surface area contributed by atoms with E-state index < -0.39 is 0 Å². The van der Waals surface area contributed by atoms with Crippen LogP contribution in [0.5, 0.6) is 0 Å². The Balaban J connectivity index is 0.830. The minimum absolute atomic E-state index is 0.711. The first-order valence-corrected chi connectivity index (χ1v) is 23.7. The summed E-state index contributed by atoms with van der Waals surface area (Å²) in [6, 6.07) is 84.2. The number of rotatable bonds is 6. The smallest absolute Gasteiger partial charge is 0.160 e. The average molecular weight is 867 g/mol. The van der Waals surface area contributed by atoms with Crippen molar-refractivity contribution in [1.29, 1.82) is 0 Å². The van der Waals surface area contributed by atoms with Crippen LogP contribution in [0.25, 0.3) is 141 Å². The highest BCUT2D eigenvalue weighted by atomic mass is 32.1. The van der Waals surface area contributed by atoms with Gasteiger partial charge in [0, 0.05) is 26.3 Å². The Morgan fingerprint density at radius 1 is 0.254 bits per heavy atom. The molecule has 0 atom stereocenters. The van der Waals surface area contributed by atoms with Gasteiger partial charge in [-0.25, -0.2) is 9.97 Å². The molecule has 0 saturated carbocycles. The fourth-order valence-electron chi connectivity index (χ4n) is 10.5. The molecule has 14 aromatic rings. The lowest BCUT2D eigenvalue weighted by atomic mass is 9.86. The van der Waals surface area contributed by atoms with Gasteiger partial charge in [-0.05, 0) is 128 Å². The molecule has 0 unspecified atom stereocenters. The Morgan fingerprint density at radius 2 is 0.701 bits per heavy atom. The molecular formula is C64H38N2S. The van der Waals surface area contributed by atoms with Crippen LogP contribution >= 0.6 is 11.3 Å². The Bertz CT molecular complexity index is 4190. The van der Waals surface area contributed by atoms with E-state index in [4.69, 9.17) is 9.97 Å². The minimum Gasteiger partial charge on any atom is -0.228 e. The highest BCUT2D eigenvalue weighted by Gasteiger charge is 2.17. The largest absolute Gasteiger partial charge is 0.228 e. The lowest BCUT2D eigenvalue weighted by molar-refractivity contribution is 1.18. The molecule has 0 aliphatic carbocycles. The number of hydrogen-bond donors (Lipinski definition) is 0. The van der Waals surface area contributed by atoms with Crippen LogP contribution in [0.3, 0.4) is 0 Å². The van der Waals surface area contributed by atoms with Crippen molar-refractivity contribution in [2.24, 2.45) is 0 Å². The Hall–Kier alpha value is -8.50. The van der Waals surface area contributed by atoms with Crippen LogP contribution in [0.1, 0.15) is 0 Å². The lowest BCUT2D eigenvalue weighted by Gasteiger charge is -2.17. The van der Waals surface area contributed by atoms with Gasteiger partial charge < -0.3 is 0 Å². The van der Waals surface area contributed by atoms with Crippen LogP contribution in [-0.4, -0.2) is 9.97 Å². The van der Waals surface area contributed by atoms with Crippen LogP contribution < -0.4 is 0 Å². The number of aromatic nitrogens is 2. The van der Waals surface area contributed by atoms with E-state index in [0.29, 0.717) is 5.82 Å². The molecule has 310 valence electrons. The predicted octanol–water partition coefficient (Wildman–Crippen LogP) is 18.1. The third-order valence-corrected chi connectivity index (χ3v) is 15.0. The lowest BCUT2D eigenvalue weighted by Crippen LogP contribution is -1.96. The SMILES string of the molecule is c1ccc(-c2nc(-c3ccc(-c4ccc(-c5cc6ccc7cccc8c9cccc%10ccc%11cccc(c(c5)c6c78)c%11c%109)cc4)cc3)cc(-c3ccc(-c4cc5ccccc5s4)cc3)n2)cc1. The number of hydrogen-bond acceptors (Lipinski definition) is 3. The second-order valence-electron chi connectivity index (χ2n) is 17.7. The zero-order chi connectivity index (χ0) is 44.0. The summed E-state index contributed by atoms with van der Waals surface area (Å²) >= 11 is 1.83. The molecule has 2 heterocycles. The van der Waals surface area contributed by atoms with E-state index in [1.165, 1.54) is 102 Å². The molecule has 67 heavy (non-hydrogen) atoms. The molecule has 2 aromatic heterocycles. The van der Waals surface area contributed by atoms with E-state index in [2.05, 4.69) is 212 Å². The second kappa shape index (κ2) is 15.0. The van der Waals surface area contributed by atoms with Crippen LogP contribution in [0.2, 0.25) is 0 Å². The van der Waals surface area contributed by atoms with Gasteiger partial charge in [0.1, 0.15) is 0 Å². The first-order valence-electron chi connectivity index (χ1n) is 22.9. The first kappa shape index (κ1) is 37.8. The Labute approximate surface area is 391 Å². The monoisotopic (exact) mass is 866 g/mol. The van der Waals surface area contributed by atoms with Crippen LogP contribution in [0, 0.1) is 0 Å². The first-order chi connectivity index (χ1) is 33.2. The standard InChI is InChI=1S/C64H38N2S/c1-2-9-48(10-3-1)64-65-56(38-57(66-64)43-27-29-44(30-28-43)59-37-49-11-4-5-18-58(49)67-59)42-25-23-40(24-26-42)39-19-21-41(22-20-39)51-35-50-34-33-47-13-7-16-53-52-15-6-12-45-31-32-46-14-8-17-54(62(46)60(45)52)55(36-51)63(50)61(47)53/h1-38H. The zero-order valence-corrected chi connectivity index (χ0v) is 37.1. The summed E-state index contributed by atoms with van der Waals surface area (Å²) in [6.45, 7) is 0. The molecule has 0 aliphatic heterocycles. The number of fused-ring (bicyclic) bond motifs is 3. The molecular weight excluding hydrogens is 829 g/mol. The predicted molar refractivity (Wildman–Crippen MR) is 286 cm³/mol. The van der Waals surface area contributed by atoms with E-state index in [1.54, 1.807) is 0 Å². The third kappa shape index (κ3) is 6.24. The fourth-order valence-corrected chi connectivity index (χ4v) is 11.6. The molecule has 3 heteroatoms. The fraction of sp³-hybridized carbons (Fsp3) is 0. The summed E-state index contributed by atoms with van der Waals surface area (Å²) < 4.78 is 1.30. The molecule has 0 saturated heterocycles. The maximum absolute atomic E-state index is 5.13. The summed E-state index contributed by atoms with van der Waals surface area (Å²) in [5, 5.41) is 16.8. The van der Waals surface area contributed by atoms with E-state index in [1.807, 2.05) is 29.5 Å². The van der Waals surface area contributed by atoms with Gasteiger partial charge in [-0.2, -0.15) is 0 Å². The molecule has 0 radical (unpaired) electrons. The van der Waals surface area contributed by atoms with Gasteiger partial charge in [-0.3, -0.25) is 0 Å². The minimum atomic E-state index is 0.711.